The average molecular weight is 182 g/mol. The smallest absolute Gasteiger partial charge is 0.119 e. The van der Waals surface area contributed by atoms with E-state index in [9.17, 15) is 4.79 Å². The summed E-state index contributed by atoms with van der Waals surface area (Å²) >= 11 is 0. The maximum absolute atomic E-state index is 10.0. The Hall–Kier alpha value is -0.590. The molecule has 76 valence electrons. The van der Waals surface area contributed by atoms with E-state index < -0.39 is 0 Å². The first-order valence-electron chi connectivity index (χ1n) is 5.50. The number of hydrogen-bond donors (Lipinski definition) is 0. The standard InChI is InChI=1S/C12H22O/c1-2-3-4-5-6-7-8-9-10-11-12-13/h3-4,12H,2,5-11H2,1H3. The lowest BCUT2D eigenvalue weighted by atomic mass is 10.1. The van der Waals surface area contributed by atoms with Gasteiger partial charge in [0.15, 0.2) is 0 Å². The van der Waals surface area contributed by atoms with Gasteiger partial charge in [-0.25, -0.2) is 0 Å². The summed E-state index contributed by atoms with van der Waals surface area (Å²) in [5.41, 5.74) is 0. The van der Waals surface area contributed by atoms with Gasteiger partial charge in [-0.3, -0.25) is 0 Å². The Balaban J connectivity index is 2.91. The summed E-state index contributed by atoms with van der Waals surface area (Å²) in [6.07, 6.45) is 14.8. The molecule has 0 bridgehead atoms. The Morgan fingerprint density at radius 2 is 1.46 bits per heavy atom. The van der Waals surface area contributed by atoms with Crippen molar-refractivity contribution in [1.82, 2.24) is 0 Å². The van der Waals surface area contributed by atoms with Gasteiger partial charge in [0.2, 0.25) is 0 Å². The van der Waals surface area contributed by atoms with E-state index in [1.807, 2.05) is 0 Å². The van der Waals surface area contributed by atoms with Crippen molar-refractivity contribution in [1.29, 1.82) is 0 Å². The van der Waals surface area contributed by atoms with Gasteiger partial charge in [0.1, 0.15) is 6.29 Å². The first-order valence-corrected chi connectivity index (χ1v) is 5.50. The Labute approximate surface area is 82.2 Å². The Kier molecular flexibility index (Phi) is 10.9. The molecule has 0 aliphatic rings. The lowest BCUT2D eigenvalue weighted by Gasteiger charge is -1.96. The molecule has 0 amide bonds. The largest absolute Gasteiger partial charge is 0.303 e. The lowest BCUT2D eigenvalue weighted by molar-refractivity contribution is -0.107. The van der Waals surface area contributed by atoms with E-state index in [0.29, 0.717) is 0 Å². The average Bonchev–Trinajstić information content (AvgIpc) is 2.16. The first kappa shape index (κ1) is 12.4. The van der Waals surface area contributed by atoms with Crippen LogP contribution in [0.3, 0.4) is 0 Å². The van der Waals surface area contributed by atoms with Crippen molar-refractivity contribution in [3.8, 4) is 0 Å². The summed E-state index contributed by atoms with van der Waals surface area (Å²) in [5.74, 6) is 0. The number of unbranched alkanes of at least 4 members (excludes halogenated alkanes) is 6. The molecule has 1 nitrogen and oxygen atoms in total. The molecule has 0 unspecified atom stereocenters. The molecule has 0 aromatic heterocycles. The summed E-state index contributed by atoms with van der Waals surface area (Å²) in [5, 5.41) is 0. The van der Waals surface area contributed by atoms with E-state index in [1.54, 1.807) is 0 Å². The second kappa shape index (κ2) is 11.4. The molecule has 0 radical (unpaired) electrons. The van der Waals surface area contributed by atoms with Crippen molar-refractivity contribution in [3.05, 3.63) is 12.2 Å². The molecule has 1 heteroatoms. The van der Waals surface area contributed by atoms with Crippen molar-refractivity contribution in [3.63, 3.8) is 0 Å². The third kappa shape index (κ3) is 11.4. The van der Waals surface area contributed by atoms with Crippen LogP contribution in [0.2, 0.25) is 0 Å². The molecule has 13 heavy (non-hydrogen) atoms. The molecule has 0 fully saturated rings. The molecule has 0 spiro atoms. The van der Waals surface area contributed by atoms with Gasteiger partial charge in [-0.2, -0.15) is 0 Å². The highest BCUT2D eigenvalue weighted by Crippen LogP contribution is 2.06. The highest BCUT2D eigenvalue weighted by Gasteiger charge is 1.88. The minimum absolute atomic E-state index is 0.746. The predicted octanol–water partition coefficient (Wildman–Crippen LogP) is 3.88. The van der Waals surface area contributed by atoms with Crippen LogP contribution in [0.1, 0.15) is 58.3 Å². The van der Waals surface area contributed by atoms with Crippen LogP contribution < -0.4 is 0 Å². The fraction of sp³-hybridized carbons (Fsp3) is 0.750. The topological polar surface area (TPSA) is 17.1 Å². The molecule has 0 atom stereocenters. The van der Waals surface area contributed by atoms with Crippen molar-refractivity contribution in [2.45, 2.75) is 58.3 Å². The van der Waals surface area contributed by atoms with Gasteiger partial charge in [0, 0.05) is 6.42 Å². The third-order valence-electron chi connectivity index (χ3n) is 2.10. The summed E-state index contributed by atoms with van der Waals surface area (Å²) in [7, 11) is 0. The molecule has 0 heterocycles. The fourth-order valence-electron chi connectivity index (χ4n) is 1.30. The molecule has 0 aromatic rings. The summed E-state index contributed by atoms with van der Waals surface area (Å²) < 4.78 is 0. The van der Waals surface area contributed by atoms with E-state index >= 15 is 0 Å². The van der Waals surface area contributed by atoms with Gasteiger partial charge in [0.05, 0.1) is 0 Å². The highest BCUT2D eigenvalue weighted by molar-refractivity contribution is 5.48. The van der Waals surface area contributed by atoms with Gasteiger partial charge in [-0.1, -0.05) is 38.3 Å². The van der Waals surface area contributed by atoms with Crippen LogP contribution in [0.5, 0.6) is 0 Å². The quantitative estimate of drug-likeness (QED) is 0.300. The van der Waals surface area contributed by atoms with Crippen LogP contribution in [0, 0.1) is 0 Å². The molecule has 0 rings (SSSR count). The Bertz CT molecular complexity index is 127. The van der Waals surface area contributed by atoms with Crippen LogP contribution >= 0.6 is 0 Å². The van der Waals surface area contributed by atoms with Crippen LogP contribution in [0.15, 0.2) is 12.2 Å². The van der Waals surface area contributed by atoms with E-state index in [2.05, 4.69) is 19.1 Å². The van der Waals surface area contributed by atoms with Gasteiger partial charge in [0.25, 0.3) is 0 Å². The SMILES string of the molecule is CCC=CCCCCCCCC=O. The van der Waals surface area contributed by atoms with Gasteiger partial charge in [-0.15, -0.1) is 0 Å². The zero-order valence-corrected chi connectivity index (χ0v) is 8.80. The van der Waals surface area contributed by atoms with Crippen molar-refractivity contribution >= 4 is 6.29 Å². The molecule has 0 aliphatic carbocycles. The van der Waals surface area contributed by atoms with Crippen molar-refractivity contribution in [2.24, 2.45) is 0 Å². The number of carbonyl (C=O) groups excluding carboxylic acids is 1. The normalized spacial score (nSPS) is 10.8. The zero-order chi connectivity index (χ0) is 9.78. The van der Waals surface area contributed by atoms with Gasteiger partial charge < -0.3 is 4.79 Å². The number of allylic oxidation sites excluding steroid dienone is 2. The molecule has 0 aliphatic heterocycles. The van der Waals surface area contributed by atoms with E-state index in [-0.39, 0.29) is 0 Å². The summed E-state index contributed by atoms with van der Waals surface area (Å²) in [6, 6.07) is 0. The van der Waals surface area contributed by atoms with E-state index in [0.717, 1.165) is 25.5 Å². The molecular formula is C12H22O. The number of carbonyl (C=O) groups is 1. The third-order valence-corrected chi connectivity index (χ3v) is 2.10. The van der Waals surface area contributed by atoms with Crippen LogP contribution in [0.4, 0.5) is 0 Å². The monoisotopic (exact) mass is 182 g/mol. The van der Waals surface area contributed by atoms with Crippen LogP contribution in [0.25, 0.3) is 0 Å². The second-order valence-electron chi connectivity index (χ2n) is 3.39. The predicted molar refractivity (Wildman–Crippen MR) is 57.8 cm³/mol. The first-order chi connectivity index (χ1) is 6.41. The number of aldehydes is 1. The van der Waals surface area contributed by atoms with Gasteiger partial charge in [-0.05, 0) is 25.7 Å². The zero-order valence-electron chi connectivity index (χ0n) is 8.80. The van der Waals surface area contributed by atoms with Crippen molar-refractivity contribution in [2.75, 3.05) is 0 Å². The maximum Gasteiger partial charge on any atom is 0.119 e. The van der Waals surface area contributed by atoms with Crippen LogP contribution in [-0.2, 0) is 4.79 Å². The minimum Gasteiger partial charge on any atom is -0.303 e. The molecular weight excluding hydrogens is 160 g/mol. The second-order valence-corrected chi connectivity index (χ2v) is 3.39. The fourth-order valence-corrected chi connectivity index (χ4v) is 1.30. The number of rotatable bonds is 9. The van der Waals surface area contributed by atoms with E-state index in [1.165, 1.54) is 32.1 Å². The number of hydrogen-bond acceptors (Lipinski definition) is 1. The molecule has 0 saturated heterocycles. The summed E-state index contributed by atoms with van der Waals surface area (Å²) in [6.45, 7) is 2.16. The Morgan fingerprint density at radius 1 is 0.846 bits per heavy atom. The highest BCUT2D eigenvalue weighted by atomic mass is 16.1. The maximum atomic E-state index is 10.0. The summed E-state index contributed by atoms with van der Waals surface area (Å²) in [4.78, 5) is 10.0. The van der Waals surface area contributed by atoms with Crippen molar-refractivity contribution < 1.29 is 4.79 Å². The molecule has 0 N–H and O–H groups in total. The Morgan fingerprint density at radius 3 is 2.08 bits per heavy atom. The van der Waals surface area contributed by atoms with E-state index in [4.69, 9.17) is 0 Å². The molecule has 0 saturated carbocycles. The van der Waals surface area contributed by atoms with Crippen LogP contribution in [-0.4, -0.2) is 6.29 Å². The minimum atomic E-state index is 0.746. The molecule has 0 aromatic carbocycles. The van der Waals surface area contributed by atoms with Gasteiger partial charge >= 0.3 is 0 Å². The lowest BCUT2D eigenvalue weighted by Crippen LogP contribution is -1.80.